The van der Waals surface area contributed by atoms with E-state index in [0.717, 1.165) is 11.1 Å². The highest BCUT2D eigenvalue weighted by molar-refractivity contribution is 9.10. The molecule has 2 N–H and O–H groups in total. The Morgan fingerprint density at radius 1 is 1.11 bits per heavy atom. The maximum absolute atomic E-state index is 12.6. The van der Waals surface area contributed by atoms with Crippen LogP contribution in [-0.4, -0.2) is 25.0 Å². The third-order valence-corrected chi connectivity index (χ3v) is 6.10. The zero-order valence-electron chi connectivity index (χ0n) is 20.3. The van der Waals surface area contributed by atoms with E-state index >= 15 is 0 Å². The molecule has 9 heteroatoms. The molecule has 0 aliphatic rings. The highest BCUT2D eigenvalue weighted by Gasteiger charge is 2.16. The SMILES string of the molecule is CCOc1cc(/C=C(\C#N)C(=O)NCc2ccccc2)cc(Br)c1OCC(=O)Nc1ccc(C)c(Cl)c1. The van der Waals surface area contributed by atoms with Crippen LogP contribution in [0.15, 0.2) is 70.7 Å². The highest BCUT2D eigenvalue weighted by atomic mass is 79.9. The van der Waals surface area contributed by atoms with Gasteiger partial charge in [-0.05, 0) is 76.8 Å². The molecule has 0 heterocycles. The summed E-state index contributed by atoms with van der Waals surface area (Å²) in [5.41, 5.74) is 2.88. The van der Waals surface area contributed by atoms with Crippen LogP contribution in [0, 0.1) is 18.3 Å². The number of hydrogen-bond acceptors (Lipinski definition) is 5. The fourth-order valence-electron chi connectivity index (χ4n) is 3.27. The summed E-state index contributed by atoms with van der Waals surface area (Å²) in [6, 6.07) is 19.9. The molecule has 0 aliphatic heterocycles. The van der Waals surface area contributed by atoms with Crippen molar-refractivity contribution < 1.29 is 19.1 Å². The van der Waals surface area contributed by atoms with E-state index in [9.17, 15) is 14.9 Å². The molecule has 3 aromatic carbocycles. The second-order valence-electron chi connectivity index (χ2n) is 7.90. The predicted molar refractivity (Wildman–Crippen MR) is 148 cm³/mol. The predicted octanol–water partition coefficient (Wildman–Crippen LogP) is 6.05. The smallest absolute Gasteiger partial charge is 0.262 e. The molecule has 7 nitrogen and oxygen atoms in total. The van der Waals surface area contributed by atoms with E-state index in [1.54, 1.807) is 24.3 Å². The maximum atomic E-state index is 12.6. The Balaban J connectivity index is 1.72. The summed E-state index contributed by atoms with van der Waals surface area (Å²) in [7, 11) is 0. The summed E-state index contributed by atoms with van der Waals surface area (Å²) in [5.74, 6) is -0.187. The van der Waals surface area contributed by atoms with Gasteiger partial charge in [-0.25, -0.2) is 0 Å². The number of carbonyl (C=O) groups excluding carboxylic acids is 2. The Hall–Kier alpha value is -3.80. The molecule has 0 radical (unpaired) electrons. The first-order valence-electron chi connectivity index (χ1n) is 11.4. The first-order valence-corrected chi connectivity index (χ1v) is 12.6. The van der Waals surface area contributed by atoms with Crippen LogP contribution < -0.4 is 20.1 Å². The summed E-state index contributed by atoms with van der Waals surface area (Å²) < 4.78 is 11.9. The van der Waals surface area contributed by atoms with Gasteiger partial charge in [0.15, 0.2) is 18.1 Å². The average molecular weight is 583 g/mol. The van der Waals surface area contributed by atoms with Gasteiger partial charge in [0.1, 0.15) is 11.6 Å². The third kappa shape index (κ3) is 8.10. The summed E-state index contributed by atoms with van der Waals surface area (Å²) in [6.07, 6.45) is 1.46. The maximum Gasteiger partial charge on any atom is 0.262 e. The minimum Gasteiger partial charge on any atom is -0.490 e. The second kappa shape index (κ2) is 13.5. The molecule has 0 atom stereocenters. The first-order chi connectivity index (χ1) is 17.8. The van der Waals surface area contributed by atoms with Crippen LogP contribution in [0.5, 0.6) is 11.5 Å². The summed E-state index contributed by atoms with van der Waals surface area (Å²) in [4.78, 5) is 25.0. The number of amides is 2. The van der Waals surface area contributed by atoms with E-state index in [1.807, 2.05) is 56.3 Å². The second-order valence-corrected chi connectivity index (χ2v) is 9.16. The lowest BCUT2D eigenvalue weighted by Gasteiger charge is -2.15. The van der Waals surface area contributed by atoms with Crippen LogP contribution >= 0.6 is 27.5 Å². The van der Waals surface area contributed by atoms with Crippen LogP contribution in [0.3, 0.4) is 0 Å². The number of rotatable bonds is 10. The number of nitrogens with one attached hydrogen (secondary N) is 2. The van der Waals surface area contributed by atoms with Crippen molar-refractivity contribution in [3.8, 4) is 17.6 Å². The molecule has 0 unspecified atom stereocenters. The minimum atomic E-state index is -0.492. The molecule has 0 spiro atoms. The van der Waals surface area contributed by atoms with Crippen molar-refractivity contribution in [2.75, 3.05) is 18.5 Å². The summed E-state index contributed by atoms with van der Waals surface area (Å²) >= 11 is 9.56. The van der Waals surface area contributed by atoms with E-state index in [0.29, 0.717) is 45.4 Å². The van der Waals surface area contributed by atoms with Crippen LogP contribution in [0.4, 0.5) is 5.69 Å². The van der Waals surface area contributed by atoms with Crippen molar-refractivity contribution in [2.45, 2.75) is 20.4 Å². The number of ether oxygens (including phenoxy) is 2. The largest absolute Gasteiger partial charge is 0.490 e. The zero-order chi connectivity index (χ0) is 26.8. The molecule has 0 saturated carbocycles. The van der Waals surface area contributed by atoms with E-state index < -0.39 is 5.91 Å². The van der Waals surface area contributed by atoms with E-state index in [2.05, 4.69) is 26.6 Å². The average Bonchev–Trinajstić information content (AvgIpc) is 2.88. The highest BCUT2D eigenvalue weighted by Crippen LogP contribution is 2.37. The normalized spacial score (nSPS) is 10.8. The summed E-state index contributed by atoms with van der Waals surface area (Å²) in [5, 5.41) is 15.6. The van der Waals surface area contributed by atoms with Crippen molar-refractivity contribution in [3.05, 3.63) is 92.4 Å². The fourth-order valence-corrected chi connectivity index (χ4v) is 4.02. The van der Waals surface area contributed by atoms with Crippen molar-refractivity contribution in [3.63, 3.8) is 0 Å². The van der Waals surface area contributed by atoms with Gasteiger partial charge in [0, 0.05) is 17.3 Å². The van der Waals surface area contributed by atoms with Crippen LogP contribution in [0.25, 0.3) is 6.08 Å². The van der Waals surface area contributed by atoms with Crippen LogP contribution in [-0.2, 0) is 16.1 Å². The van der Waals surface area contributed by atoms with Gasteiger partial charge in [0.05, 0.1) is 11.1 Å². The number of halogens is 2. The van der Waals surface area contributed by atoms with Gasteiger partial charge in [0.25, 0.3) is 11.8 Å². The van der Waals surface area contributed by atoms with E-state index in [1.165, 1.54) is 6.08 Å². The molecule has 2 amide bonds. The number of carbonyl (C=O) groups is 2. The Labute approximate surface area is 229 Å². The monoisotopic (exact) mass is 581 g/mol. The van der Waals surface area contributed by atoms with Gasteiger partial charge in [-0.2, -0.15) is 5.26 Å². The van der Waals surface area contributed by atoms with Crippen molar-refractivity contribution in [1.82, 2.24) is 5.32 Å². The molecule has 0 bridgehead atoms. The Kier molecular flexibility index (Phi) is 10.1. The Bertz CT molecular complexity index is 1350. The summed E-state index contributed by atoms with van der Waals surface area (Å²) in [6.45, 7) is 4.05. The Morgan fingerprint density at radius 3 is 2.54 bits per heavy atom. The van der Waals surface area contributed by atoms with Gasteiger partial charge in [-0.15, -0.1) is 0 Å². The van der Waals surface area contributed by atoms with Crippen molar-refractivity contribution >= 4 is 51.1 Å². The lowest BCUT2D eigenvalue weighted by atomic mass is 10.1. The molecule has 0 fully saturated rings. The van der Waals surface area contributed by atoms with Gasteiger partial charge in [-0.1, -0.05) is 48.0 Å². The molecule has 37 heavy (non-hydrogen) atoms. The van der Waals surface area contributed by atoms with E-state index in [4.69, 9.17) is 21.1 Å². The van der Waals surface area contributed by atoms with Crippen molar-refractivity contribution in [1.29, 1.82) is 5.26 Å². The molecule has 190 valence electrons. The van der Waals surface area contributed by atoms with Crippen LogP contribution in [0.2, 0.25) is 5.02 Å². The number of nitriles is 1. The number of benzene rings is 3. The molecule has 3 rings (SSSR count). The lowest BCUT2D eigenvalue weighted by Crippen LogP contribution is -2.23. The number of hydrogen-bond donors (Lipinski definition) is 2. The molecular weight excluding hydrogens is 558 g/mol. The number of nitrogens with zero attached hydrogens (tertiary/aromatic N) is 1. The molecule has 0 aromatic heterocycles. The quantitative estimate of drug-likeness (QED) is 0.224. The minimum absolute atomic E-state index is 0.0601. The topological polar surface area (TPSA) is 100 Å². The van der Waals surface area contributed by atoms with E-state index in [-0.39, 0.29) is 18.1 Å². The van der Waals surface area contributed by atoms with Gasteiger partial charge >= 0.3 is 0 Å². The van der Waals surface area contributed by atoms with Gasteiger partial charge < -0.3 is 20.1 Å². The standard InChI is InChI=1S/C28H25BrClN3O4/c1-3-36-25-13-20(11-21(15-31)28(35)32-16-19-7-5-4-6-8-19)12-23(29)27(25)37-17-26(34)33-22-10-9-18(2)24(30)14-22/h4-14H,3,16-17H2,1-2H3,(H,32,35)(H,33,34)/b21-11+. The first kappa shape index (κ1) is 27.8. The zero-order valence-corrected chi connectivity index (χ0v) is 22.7. The van der Waals surface area contributed by atoms with Gasteiger partial charge in [-0.3, -0.25) is 9.59 Å². The number of aryl methyl sites for hydroxylation is 1. The van der Waals surface area contributed by atoms with Crippen LogP contribution in [0.1, 0.15) is 23.6 Å². The molecular formula is C28H25BrClN3O4. The fraction of sp³-hybridized carbons (Fsp3) is 0.179. The molecule has 0 saturated heterocycles. The van der Waals surface area contributed by atoms with Crippen molar-refractivity contribution in [2.24, 2.45) is 0 Å². The lowest BCUT2D eigenvalue weighted by molar-refractivity contribution is -0.118. The third-order valence-electron chi connectivity index (χ3n) is 5.11. The number of anilines is 1. The molecule has 0 aliphatic carbocycles. The molecule has 3 aromatic rings. The Morgan fingerprint density at radius 2 is 1.86 bits per heavy atom. The van der Waals surface area contributed by atoms with Gasteiger partial charge in [0.2, 0.25) is 0 Å².